The Labute approximate surface area is 93.5 Å². The van der Waals surface area contributed by atoms with Gasteiger partial charge >= 0.3 is 11.9 Å². The standard InChI is InChI=1S/C12H11NO3/c1-3-11(14)13(9(2)12(15)16)10-7-5-4-6-8-10/h1,4-9H,2H3,(H,15,16)/t9-/m1/s1. The number of carboxylic acids is 1. The number of aliphatic carboxylic acids is 1. The molecule has 1 N–H and O–H groups in total. The fraction of sp³-hybridized carbons (Fsp3) is 0.167. The van der Waals surface area contributed by atoms with Gasteiger partial charge < -0.3 is 5.11 Å². The van der Waals surface area contributed by atoms with Gasteiger partial charge in [-0.1, -0.05) is 18.2 Å². The Morgan fingerprint density at radius 1 is 1.38 bits per heavy atom. The van der Waals surface area contributed by atoms with Gasteiger partial charge in [0, 0.05) is 5.69 Å². The van der Waals surface area contributed by atoms with Crippen LogP contribution in [0.15, 0.2) is 30.3 Å². The van der Waals surface area contributed by atoms with Crippen molar-refractivity contribution in [2.75, 3.05) is 4.90 Å². The summed E-state index contributed by atoms with van der Waals surface area (Å²) in [5.41, 5.74) is 0.473. The lowest BCUT2D eigenvalue weighted by Gasteiger charge is -2.24. The van der Waals surface area contributed by atoms with E-state index >= 15 is 0 Å². The lowest BCUT2D eigenvalue weighted by molar-refractivity contribution is -0.139. The molecule has 16 heavy (non-hydrogen) atoms. The highest BCUT2D eigenvalue weighted by Gasteiger charge is 2.25. The van der Waals surface area contributed by atoms with Gasteiger partial charge in [0.05, 0.1) is 0 Å². The second-order valence-corrected chi connectivity index (χ2v) is 3.17. The number of anilines is 1. The van der Waals surface area contributed by atoms with E-state index in [-0.39, 0.29) is 0 Å². The third-order valence-corrected chi connectivity index (χ3v) is 2.12. The first-order valence-corrected chi connectivity index (χ1v) is 4.65. The SMILES string of the molecule is C#CC(=O)N(c1ccccc1)[C@H](C)C(=O)O. The van der Waals surface area contributed by atoms with Gasteiger partial charge in [-0.25, -0.2) is 4.79 Å². The molecule has 0 fully saturated rings. The summed E-state index contributed by atoms with van der Waals surface area (Å²) in [6.07, 6.45) is 5.01. The van der Waals surface area contributed by atoms with Gasteiger partial charge in [0.1, 0.15) is 6.04 Å². The summed E-state index contributed by atoms with van der Waals surface area (Å²) in [6.45, 7) is 1.41. The number of hydrogen-bond acceptors (Lipinski definition) is 2. The Balaban J connectivity index is 3.12. The van der Waals surface area contributed by atoms with Crippen LogP contribution in [0.3, 0.4) is 0 Å². The van der Waals surface area contributed by atoms with Crippen molar-refractivity contribution in [3.63, 3.8) is 0 Å². The van der Waals surface area contributed by atoms with Crippen LogP contribution in [0.1, 0.15) is 6.92 Å². The maximum atomic E-state index is 11.5. The van der Waals surface area contributed by atoms with Gasteiger partial charge in [-0.05, 0) is 25.0 Å². The van der Waals surface area contributed by atoms with Crippen LogP contribution in [0.2, 0.25) is 0 Å². The van der Waals surface area contributed by atoms with E-state index < -0.39 is 17.9 Å². The number of nitrogens with zero attached hydrogens (tertiary/aromatic N) is 1. The molecular weight excluding hydrogens is 206 g/mol. The maximum Gasteiger partial charge on any atom is 0.326 e. The molecule has 0 aliphatic heterocycles. The molecular formula is C12H11NO3. The van der Waals surface area contributed by atoms with Crippen molar-refractivity contribution in [1.82, 2.24) is 0 Å². The number of para-hydroxylation sites is 1. The highest BCUT2D eigenvalue weighted by molar-refractivity contribution is 6.08. The van der Waals surface area contributed by atoms with Crippen molar-refractivity contribution in [2.45, 2.75) is 13.0 Å². The van der Waals surface area contributed by atoms with Gasteiger partial charge in [0.2, 0.25) is 0 Å². The fourth-order valence-corrected chi connectivity index (χ4v) is 1.29. The largest absolute Gasteiger partial charge is 0.480 e. The summed E-state index contributed by atoms with van der Waals surface area (Å²) >= 11 is 0. The van der Waals surface area contributed by atoms with E-state index in [0.29, 0.717) is 5.69 Å². The van der Waals surface area contributed by atoms with Crippen LogP contribution in [0.4, 0.5) is 5.69 Å². The van der Waals surface area contributed by atoms with Crippen LogP contribution in [-0.2, 0) is 9.59 Å². The predicted molar refractivity (Wildman–Crippen MR) is 59.9 cm³/mol. The van der Waals surface area contributed by atoms with Crippen LogP contribution in [-0.4, -0.2) is 23.0 Å². The van der Waals surface area contributed by atoms with Crippen LogP contribution in [0.25, 0.3) is 0 Å². The molecule has 0 unspecified atom stereocenters. The first-order valence-electron chi connectivity index (χ1n) is 4.65. The molecule has 82 valence electrons. The van der Waals surface area contributed by atoms with Gasteiger partial charge in [0.25, 0.3) is 0 Å². The van der Waals surface area contributed by atoms with Crippen molar-refractivity contribution < 1.29 is 14.7 Å². The highest BCUT2D eigenvalue weighted by Crippen LogP contribution is 2.16. The fourth-order valence-electron chi connectivity index (χ4n) is 1.29. The molecule has 0 aliphatic rings. The molecule has 0 radical (unpaired) electrons. The average Bonchev–Trinajstić information content (AvgIpc) is 2.30. The Kier molecular flexibility index (Phi) is 3.67. The van der Waals surface area contributed by atoms with Gasteiger partial charge in [-0.15, -0.1) is 6.42 Å². The van der Waals surface area contributed by atoms with Crippen LogP contribution < -0.4 is 4.90 Å². The van der Waals surface area contributed by atoms with Crippen molar-refractivity contribution in [2.24, 2.45) is 0 Å². The number of carboxylic acid groups (broad SMARTS) is 1. The second kappa shape index (κ2) is 4.99. The van der Waals surface area contributed by atoms with Crippen LogP contribution in [0, 0.1) is 12.3 Å². The minimum Gasteiger partial charge on any atom is -0.480 e. The summed E-state index contributed by atoms with van der Waals surface area (Å²) in [5, 5.41) is 8.90. The minimum absolute atomic E-state index is 0.473. The molecule has 0 aliphatic carbocycles. The highest BCUT2D eigenvalue weighted by atomic mass is 16.4. The molecule has 0 saturated heterocycles. The molecule has 0 aromatic heterocycles. The third-order valence-electron chi connectivity index (χ3n) is 2.12. The molecule has 1 rings (SSSR count). The second-order valence-electron chi connectivity index (χ2n) is 3.17. The van der Waals surface area contributed by atoms with Gasteiger partial charge in [0.15, 0.2) is 0 Å². The zero-order valence-corrected chi connectivity index (χ0v) is 8.75. The normalized spacial score (nSPS) is 11.2. The van der Waals surface area contributed by atoms with E-state index in [1.165, 1.54) is 6.92 Å². The van der Waals surface area contributed by atoms with Crippen molar-refractivity contribution in [1.29, 1.82) is 0 Å². The zero-order valence-electron chi connectivity index (χ0n) is 8.75. The number of carbonyl (C=O) groups is 2. The number of amides is 1. The van der Waals surface area contributed by atoms with Crippen molar-refractivity contribution in [3.05, 3.63) is 30.3 Å². The Morgan fingerprint density at radius 3 is 2.38 bits per heavy atom. The average molecular weight is 217 g/mol. The number of terminal acetylenes is 1. The lowest BCUT2D eigenvalue weighted by Crippen LogP contribution is -2.42. The smallest absolute Gasteiger partial charge is 0.326 e. The number of benzene rings is 1. The van der Waals surface area contributed by atoms with Crippen LogP contribution >= 0.6 is 0 Å². The van der Waals surface area contributed by atoms with Crippen molar-refractivity contribution in [3.8, 4) is 12.3 Å². The quantitative estimate of drug-likeness (QED) is 0.772. The van der Waals surface area contributed by atoms with E-state index in [2.05, 4.69) is 0 Å². The van der Waals surface area contributed by atoms with Gasteiger partial charge in [-0.2, -0.15) is 0 Å². The lowest BCUT2D eigenvalue weighted by atomic mass is 10.2. The zero-order chi connectivity index (χ0) is 12.1. The monoisotopic (exact) mass is 217 g/mol. The molecule has 0 bridgehead atoms. The first kappa shape index (κ1) is 11.8. The Morgan fingerprint density at radius 2 is 1.94 bits per heavy atom. The molecule has 0 saturated carbocycles. The molecule has 4 nitrogen and oxygen atoms in total. The molecule has 1 atom stereocenters. The van der Waals surface area contributed by atoms with E-state index in [1.807, 2.05) is 5.92 Å². The summed E-state index contributed by atoms with van der Waals surface area (Å²) in [4.78, 5) is 23.4. The Bertz CT molecular complexity index is 433. The number of hydrogen-bond donors (Lipinski definition) is 1. The predicted octanol–water partition coefficient (Wildman–Crippen LogP) is 1.13. The Hall–Kier alpha value is -2.28. The topological polar surface area (TPSA) is 57.6 Å². The molecule has 1 aromatic carbocycles. The summed E-state index contributed by atoms with van der Waals surface area (Å²) in [6, 6.07) is 7.46. The summed E-state index contributed by atoms with van der Waals surface area (Å²) in [7, 11) is 0. The van der Waals surface area contributed by atoms with Crippen molar-refractivity contribution >= 4 is 17.6 Å². The van der Waals surface area contributed by atoms with E-state index in [4.69, 9.17) is 11.5 Å². The van der Waals surface area contributed by atoms with Gasteiger partial charge in [-0.3, -0.25) is 9.69 Å². The summed E-state index contributed by atoms with van der Waals surface area (Å²) < 4.78 is 0. The first-order chi connectivity index (χ1) is 7.57. The third kappa shape index (κ3) is 2.39. The number of rotatable bonds is 3. The molecule has 4 heteroatoms. The molecule has 1 aromatic rings. The van der Waals surface area contributed by atoms with E-state index in [9.17, 15) is 9.59 Å². The maximum absolute atomic E-state index is 11.5. The molecule has 0 spiro atoms. The minimum atomic E-state index is -1.10. The number of carbonyl (C=O) groups excluding carboxylic acids is 1. The summed E-state index contributed by atoms with van der Waals surface area (Å²) in [5.74, 6) is 0.153. The molecule has 1 amide bonds. The molecule has 0 heterocycles. The van der Waals surface area contributed by atoms with Crippen LogP contribution in [0.5, 0.6) is 0 Å². The van der Waals surface area contributed by atoms with E-state index in [1.54, 1.807) is 30.3 Å². The van der Waals surface area contributed by atoms with E-state index in [0.717, 1.165) is 4.90 Å².